The second kappa shape index (κ2) is 6.28. The minimum atomic E-state index is 0.243. The van der Waals surface area contributed by atoms with Crippen LogP contribution in [0.5, 0.6) is 0 Å². The molecular weight excluding hydrogens is 262 g/mol. The van der Waals surface area contributed by atoms with Crippen LogP contribution in [0, 0.1) is 0 Å². The van der Waals surface area contributed by atoms with Crippen molar-refractivity contribution in [1.82, 2.24) is 25.5 Å². The Bertz CT molecular complexity index is 678. The Morgan fingerprint density at radius 1 is 1.00 bits per heavy atom. The number of rotatable bonds is 5. The summed E-state index contributed by atoms with van der Waals surface area (Å²) in [6.07, 6.45) is 0. The van der Waals surface area contributed by atoms with Crippen LogP contribution in [0.2, 0.25) is 0 Å². The minimum Gasteiger partial charge on any atom is -0.303 e. The molecule has 3 rings (SSSR count). The molecule has 21 heavy (non-hydrogen) atoms. The van der Waals surface area contributed by atoms with Crippen LogP contribution in [-0.4, -0.2) is 20.2 Å². The Morgan fingerprint density at radius 3 is 2.38 bits per heavy atom. The van der Waals surface area contributed by atoms with E-state index in [2.05, 4.69) is 39.9 Å². The fourth-order valence-electron chi connectivity index (χ4n) is 2.19. The lowest BCUT2D eigenvalue weighted by Gasteiger charge is -2.13. The first-order chi connectivity index (χ1) is 10.3. The fourth-order valence-corrected chi connectivity index (χ4v) is 2.19. The fraction of sp³-hybridized carbons (Fsp3) is 0.188. The van der Waals surface area contributed by atoms with Crippen LogP contribution in [0.25, 0.3) is 5.69 Å². The van der Waals surface area contributed by atoms with Crippen LogP contribution < -0.4 is 5.32 Å². The van der Waals surface area contributed by atoms with Gasteiger partial charge in [-0.05, 0) is 35.0 Å². The van der Waals surface area contributed by atoms with E-state index in [0.717, 1.165) is 11.5 Å². The molecule has 0 aliphatic rings. The smallest absolute Gasteiger partial charge is 0.170 e. The molecule has 1 atom stereocenters. The molecule has 0 spiro atoms. The van der Waals surface area contributed by atoms with Gasteiger partial charge < -0.3 is 5.32 Å². The largest absolute Gasteiger partial charge is 0.303 e. The summed E-state index contributed by atoms with van der Waals surface area (Å²) in [5.74, 6) is 0.795. The lowest BCUT2D eigenvalue weighted by atomic mass is 10.1. The van der Waals surface area contributed by atoms with Crippen molar-refractivity contribution >= 4 is 0 Å². The number of hydrogen-bond acceptors (Lipinski definition) is 4. The van der Waals surface area contributed by atoms with Crippen LogP contribution in [0.15, 0.2) is 60.7 Å². The monoisotopic (exact) mass is 279 g/mol. The van der Waals surface area contributed by atoms with Gasteiger partial charge >= 0.3 is 0 Å². The van der Waals surface area contributed by atoms with E-state index < -0.39 is 0 Å². The third-order valence-corrected chi connectivity index (χ3v) is 3.40. The number of nitrogens with zero attached hydrogens (tertiary/aromatic N) is 4. The van der Waals surface area contributed by atoms with E-state index in [-0.39, 0.29) is 6.04 Å². The quantitative estimate of drug-likeness (QED) is 0.779. The average molecular weight is 279 g/mol. The van der Waals surface area contributed by atoms with Gasteiger partial charge in [0.1, 0.15) is 0 Å². The predicted octanol–water partition coefficient (Wildman–Crippen LogP) is 2.51. The van der Waals surface area contributed by atoms with Gasteiger partial charge in [0.05, 0.1) is 12.2 Å². The van der Waals surface area contributed by atoms with Crippen molar-refractivity contribution in [1.29, 1.82) is 0 Å². The zero-order valence-corrected chi connectivity index (χ0v) is 11.8. The Morgan fingerprint density at radius 2 is 1.67 bits per heavy atom. The molecule has 5 nitrogen and oxygen atoms in total. The lowest BCUT2D eigenvalue weighted by molar-refractivity contribution is 0.551. The first kappa shape index (κ1) is 13.5. The van der Waals surface area contributed by atoms with Crippen LogP contribution in [0.1, 0.15) is 24.4 Å². The van der Waals surface area contributed by atoms with Crippen LogP contribution in [0.4, 0.5) is 0 Å². The van der Waals surface area contributed by atoms with Crippen molar-refractivity contribution in [2.75, 3.05) is 0 Å². The Labute approximate surface area is 123 Å². The van der Waals surface area contributed by atoms with Gasteiger partial charge in [-0.25, -0.2) is 0 Å². The van der Waals surface area contributed by atoms with Gasteiger partial charge in [0, 0.05) is 6.04 Å². The van der Waals surface area contributed by atoms with E-state index in [1.165, 1.54) is 5.56 Å². The topological polar surface area (TPSA) is 55.6 Å². The summed E-state index contributed by atoms with van der Waals surface area (Å²) in [4.78, 5) is 0. The van der Waals surface area contributed by atoms with Gasteiger partial charge in [-0.15, -0.1) is 5.10 Å². The van der Waals surface area contributed by atoms with Gasteiger partial charge in [-0.2, -0.15) is 4.68 Å². The minimum absolute atomic E-state index is 0.243. The van der Waals surface area contributed by atoms with Gasteiger partial charge in [0.2, 0.25) is 0 Å². The number of benzene rings is 2. The average Bonchev–Trinajstić information content (AvgIpc) is 3.03. The van der Waals surface area contributed by atoms with Crippen LogP contribution in [0.3, 0.4) is 0 Å². The Kier molecular flexibility index (Phi) is 4.02. The van der Waals surface area contributed by atoms with Crippen molar-refractivity contribution in [3.05, 3.63) is 72.1 Å². The van der Waals surface area contributed by atoms with Crippen molar-refractivity contribution in [2.24, 2.45) is 0 Å². The Hall–Kier alpha value is -2.53. The maximum atomic E-state index is 4.10. The number of hydrogen-bond donors (Lipinski definition) is 1. The second-order valence-corrected chi connectivity index (χ2v) is 4.86. The van der Waals surface area contributed by atoms with E-state index in [0.29, 0.717) is 6.54 Å². The molecule has 106 valence electrons. The Balaban J connectivity index is 1.71. The molecule has 0 saturated carbocycles. The van der Waals surface area contributed by atoms with Crippen LogP contribution >= 0.6 is 0 Å². The molecule has 0 aliphatic heterocycles. The van der Waals surface area contributed by atoms with E-state index in [1.54, 1.807) is 4.68 Å². The lowest BCUT2D eigenvalue weighted by Crippen LogP contribution is -2.20. The molecule has 1 heterocycles. The molecule has 2 aromatic carbocycles. The molecule has 0 radical (unpaired) electrons. The molecular formula is C16H17N5. The maximum absolute atomic E-state index is 4.10. The number of tetrazole rings is 1. The summed E-state index contributed by atoms with van der Waals surface area (Å²) in [5.41, 5.74) is 2.21. The highest BCUT2D eigenvalue weighted by Crippen LogP contribution is 2.12. The van der Waals surface area contributed by atoms with Gasteiger partial charge in [0.25, 0.3) is 0 Å². The van der Waals surface area contributed by atoms with Gasteiger partial charge in [0.15, 0.2) is 5.82 Å². The summed E-state index contributed by atoms with van der Waals surface area (Å²) in [6, 6.07) is 20.5. The van der Waals surface area contributed by atoms with E-state index in [9.17, 15) is 0 Å². The zero-order valence-electron chi connectivity index (χ0n) is 11.8. The highest BCUT2D eigenvalue weighted by atomic mass is 15.5. The summed E-state index contributed by atoms with van der Waals surface area (Å²) < 4.78 is 1.75. The number of aromatic nitrogens is 4. The molecule has 3 aromatic rings. The summed E-state index contributed by atoms with van der Waals surface area (Å²) in [5, 5.41) is 15.4. The van der Waals surface area contributed by atoms with Gasteiger partial charge in [-0.1, -0.05) is 48.5 Å². The highest BCUT2D eigenvalue weighted by Gasteiger charge is 2.10. The predicted molar refractivity (Wildman–Crippen MR) is 80.9 cm³/mol. The first-order valence-electron chi connectivity index (χ1n) is 6.95. The van der Waals surface area contributed by atoms with Crippen molar-refractivity contribution in [2.45, 2.75) is 19.5 Å². The van der Waals surface area contributed by atoms with Crippen molar-refractivity contribution < 1.29 is 0 Å². The molecule has 0 saturated heterocycles. The molecule has 1 N–H and O–H groups in total. The molecule has 5 heteroatoms. The highest BCUT2D eigenvalue weighted by molar-refractivity contribution is 5.30. The van der Waals surface area contributed by atoms with Crippen LogP contribution in [-0.2, 0) is 6.54 Å². The normalized spacial score (nSPS) is 12.2. The van der Waals surface area contributed by atoms with E-state index >= 15 is 0 Å². The molecule has 0 aliphatic carbocycles. The summed E-state index contributed by atoms with van der Waals surface area (Å²) in [7, 11) is 0. The molecule has 0 unspecified atom stereocenters. The maximum Gasteiger partial charge on any atom is 0.170 e. The SMILES string of the molecule is C[C@@H](NCc1nnnn1-c1ccccc1)c1ccccc1. The number of para-hydroxylation sites is 1. The third-order valence-electron chi connectivity index (χ3n) is 3.40. The summed E-state index contributed by atoms with van der Waals surface area (Å²) >= 11 is 0. The van der Waals surface area contributed by atoms with Gasteiger partial charge in [-0.3, -0.25) is 0 Å². The summed E-state index contributed by atoms with van der Waals surface area (Å²) in [6.45, 7) is 2.74. The van der Waals surface area contributed by atoms with E-state index in [4.69, 9.17) is 0 Å². The second-order valence-electron chi connectivity index (χ2n) is 4.86. The molecule has 0 bridgehead atoms. The molecule has 1 aromatic heterocycles. The van der Waals surface area contributed by atoms with Crippen molar-refractivity contribution in [3.8, 4) is 5.69 Å². The van der Waals surface area contributed by atoms with Crippen molar-refractivity contribution in [3.63, 3.8) is 0 Å². The standard InChI is InChI=1S/C16H17N5/c1-13(14-8-4-2-5-9-14)17-12-16-18-19-20-21(16)15-10-6-3-7-11-15/h2-11,13,17H,12H2,1H3/t13-/m1/s1. The third kappa shape index (κ3) is 3.14. The molecule has 0 fully saturated rings. The first-order valence-corrected chi connectivity index (χ1v) is 6.95. The zero-order chi connectivity index (χ0) is 14.5. The van der Waals surface area contributed by atoms with E-state index in [1.807, 2.05) is 48.5 Å². The number of nitrogens with one attached hydrogen (secondary N) is 1. The molecule has 0 amide bonds.